The topological polar surface area (TPSA) is 16.1 Å². The number of rotatable bonds is 3. The molecule has 0 saturated heterocycles. The van der Waals surface area contributed by atoms with E-state index in [1.807, 2.05) is 6.20 Å². The Bertz CT molecular complexity index is 468. The van der Waals surface area contributed by atoms with E-state index in [1.54, 1.807) is 11.3 Å². The molecule has 0 spiro atoms. The number of anilines is 1. The molecule has 0 bridgehead atoms. The van der Waals surface area contributed by atoms with Crippen molar-refractivity contribution in [3.8, 4) is 0 Å². The van der Waals surface area contributed by atoms with Crippen molar-refractivity contribution in [3.05, 3.63) is 44.7 Å². The van der Waals surface area contributed by atoms with Crippen LogP contribution < -0.4 is 4.90 Å². The van der Waals surface area contributed by atoms with Crippen LogP contribution in [0.2, 0.25) is 0 Å². The third-order valence-electron chi connectivity index (χ3n) is 2.38. The Morgan fingerprint density at radius 2 is 2.31 bits per heavy atom. The quantitative estimate of drug-likeness (QED) is 0.855. The average molecular weight is 297 g/mol. The SMILES string of the molecule is Cc1cc(Br)cnc1N(C)Cc1ccsc1. The summed E-state index contributed by atoms with van der Waals surface area (Å²) in [5, 5.41) is 4.27. The van der Waals surface area contributed by atoms with E-state index in [9.17, 15) is 0 Å². The fraction of sp³-hybridized carbons (Fsp3) is 0.250. The number of pyridine rings is 1. The van der Waals surface area contributed by atoms with Crippen LogP contribution in [0.15, 0.2) is 33.6 Å². The summed E-state index contributed by atoms with van der Waals surface area (Å²) >= 11 is 5.16. The molecular formula is C12H13BrN2S. The summed E-state index contributed by atoms with van der Waals surface area (Å²) in [4.78, 5) is 6.61. The van der Waals surface area contributed by atoms with Gasteiger partial charge >= 0.3 is 0 Å². The van der Waals surface area contributed by atoms with Gasteiger partial charge in [0.2, 0.25) is 0 Å². The van der Waals surface area contributed by atoms with E-state index < -0.39 is 0 Å². The van der Waals surface area contributed by atoms with Gasteiger partial charge in [0.1, 0.15) is 5.82 Å². The summed E-state index contributed by atoms with van der Waals surface area (Å²) in [5.74, 6) is 1.04. The predicted molar refractivity (Wildman–Crippen MR) is 73.1 cm³/mol. The van der Waals surface area contributed by atoms with Gasteiger partial charge in [0.25, 0.3) is 0 Å². The predicted octanol–water partition coefficient (Wildman–Crippen LogP) is 3.85. The van der Waals surface area contributed by atoms with Gasteiger partial charge in [0.15, 0.2) is 0 Å². The van der Waals surface area contributed by atoms with Crippen molar-refractivity contribution in [2.24, 2.45) is 0 Å². The zero-order valence-electron chi connectivity index (χ0n) is 9.27. The molecule has 0 aliphatic carbocycles. The Kier molecular flexibility index (Phi) is 3.61. The smallest absolute Gasteiger partial charge is 0.131 e. The van der Waals surface area contributed by atoms with E-state index in [0.29, 0.717) is 0 Å². The van der Waals surface area contributed by atoms with Gasteiger partial charge in [0, 0.05) is 24.3 Å². The van der Waals surface area contributed by atoms with E-state index in [1.165, 1.54) is 11.1 Å². The minimum Gasteiger partial charge on any atom is -0.355 e. The molecule has 2 rings (SSSR count). The van der Waals surface area contributed by atoms with Gasteiger partial charge in [-0.1, -0.05) is 0 Å². The van der Waals surface area contributed by atoms with Crippen LogP contribution in [0.1, 0.15) is 11.1 Å². The van der Waals surface area contributed by atoms with Crippen LogP contribution in [0.4, 0.5) is 5.82 Å². The zero-order valence-corrected chi connectivity index (χ0v) is 11.7. The number of halogens is 1. The highest BCUT2D eigenvalue weighted by Gasteiger charge is 2.07. The molecule has 84 valence electrons. The molecule has 0 aromatic carbocycles. The molecule has 0 unspecified atom stereocenters. The van der Waals surface area contributed by atoms with Crippen LogP contribution in [0, 0.1) is 6.92 Å². The van der Waals surface area contributed by atoms with Crippen molar-refractivity contribution in [1.29, 1.82) is 0 Å². The lowest BCUT2D eigenvalue weighted by Gasteiger charge is -2.19. The standard InChI is InChI=1S/C12H13BrN2S/c1-9-5-11(13)6-14-12(9)15(2)7-10-3-4-16-8-10/h3-6,8H,7H2,1-2H3. The summed E-state index contributed by atoms with van der Waals surface area (Å²) in [6, 6.07) is 4.24. The highest BCUT2D eigenvalue weighted by Crippen LogP contribution is 2.21. The highest BCUT2D eigenvalue weighted by molar-refractivity contribution is 9.10. The van der Waals surface area contributed by atoms with Gasteiger partial charge < -0.3 is 4.90 Å². The number of hydrogen-bond donors (Lipinski definition) is 0. The number of nitrogens with zero attached hydrogens (tertiary/aromatic N) is 2. The van der Waals surface area contributed by atoms with Gasteiger partial charge in [0.05, 0.1) is 0 Å². The summed E-state index contributed by atoms with van der Waals surface area (Å²) in [7, 11) is 2.07. The third-order valence-corrected chi connectivity index (χ3v) is 3.54. The molecule has 0 aliphatic rings. The lowest BCUT2D eigenvalue weighted by atomic mass is 10.2. The van der Waals surface area contributed by atoms with Gasteiger partial charge in [-0.15, -0.1) is 0 Å². The molecule has 16 heavy (non-hydrogen) atoms. The van der Waals surface area contributed by atoms with E-state index in [2.05, 4.69) is 62.7 Å². The second-order valence-electron chi connectivity index (χ2n) is 3.78. The van der Waals surface area contributed by atoms with E-state index in [4.69, 9.17) is 0 Å². The maximum atomic E-state index is 4.44. The summed E-state index contributed by atoms with van der Waals surface area (Å²) < 4.78 is 1.03. The number of aryl methyl sites for hydroxylation is 1. The molecule has 0 saturated carbocycles. The first-order chi connectivity index (χ1) is 7.66. The second kappa shape index (κ2) is 4.97. The first-order valence-electron chi connectivity index (χ1n) is 5.01. The molecule has 2 heterocycles. The second-order valence-corrected chi connectivity index (χ2v) is 5.48. The lowest BCUT2D eigenvalue weighted by molar-refractivity contribution is 0.893. The van der Waals surface area contributed by atoms with Crippen molar-refractivity contribution in [1.82, 2.24) is 4.98 Å². The monoisotopic (exact) mass is 296 g/mol. The van der Waals surface area contributed by atoms with Crippen LogP contribution in [0.5, 0.6) is 0 Å². The van der Waals surface area contributed by atoms with Crippen LogP contribution in [-0.4, -0.2) is 12.0 Å². The Balaban J connectivity index is 2.17. The molecule has 0 aliphatic heterocycles. The molecule has 0 radical (unpaired) electrons. The van der Waals surface area contributed by atoms with Crippen LogP contribution in [-0.2, 0) is 6.54 Å². The summed E-state index contributed by atoms with van der Waals surface area (Å²) in [6.07, 6.45) is 1.84. The molecule has 0 N–H and O–H groups in total. The molecular weight excluding hydrogens is 284 g/mol. The van der Waals surface area contributed by atoms with Crippen LogP contribution in [0.3, 0.4) is 0 Å². The molecule has 0 atom stereocenters. The van der Waals surface area contributed by atoms with Gasteiger partial charge in [-0.2, -0.15) is 11.3 Å². The summed E-state index contributed by atoms with van der Waals surface area (Å²) in [6.45, 7) is 2.98. The Morgan fingerprint density at radius 1 is 1.50 bits per heavy atom. The third kappa shape index (κ3) is 2.62. The van der Waals surface area contributed by atoms with Crippen molar-refractivity contribution in [2.45, 2.75) is 13.5 Å². The minimum absolute atomic E-state index is 0.902. The lowest BCUT2D eigenvalue weighted by Crippen LogP contribution is -2.18. The number of thiophene rings is 1. The first-order valence-corrected chi connectivity index (χ1v) is 6.75. The van der Waals surface area contributed by atoms with Gasteiger partial charge in [-0.3, -0.25) is 0 Å². The Labute approximate surface area is 108 Å². The highest BCUT2D eigenvalue weighted by atomic mass is 79.9. The molecule has 0 fully saturated rings. The Hall–Kier alpha value is -0.870. The molecule has 2 aromatic heterocycles. The van der Waals surface area contributed by atoms with E-state index in [0.717, 1.165) is 16.8 Å². The maximum Gasteiger partial charge on any atom is 0.131 e. The minimum atomic E-state index is 0.902. The van der Waals surface area contributed by atoms with Crippen molar-refractivity contribution < 1.29 is 0 Å². The van der Waals surface area contributed by atoms with E-state index >= 15 is 0 Å². The number of hydrogen-bond acceptors (Lipinski definition) is 3. The molecule has 2 nitrogen and oxygen atoms in total. The van der Waals surface area contributed by atoms with Crippen LogP contribution in [0.25, 0.3) is 0 Å². The van der Waals surface area contributed by atoms with E-state index in [-0.39, 0.29) is 0 Å². The largest absolute Gasteiger partial charge is 0.355 e. The fourth-order valence-corrected chi connectivity index (χ4v) is 2.77. The van der Waals surface area contributed by atoms with Crippen molar-refractivity contribution >= 4 is 33.1 Å². The Morgan fingerprint density at radius 3 is 2.94 bits per heavy atom. The fourth-order valence-electron chi connectivity index (χ4n) is 1.66. The first kappa shape index (κ1) is 11.6. The number of aromatic nitrogens is 1. The van der Waals surface area contributed by atoms with Crippen molar-refractivity contribution in [3.63, 3.8) is 0 Å². The molecule has 4 heteroatoms. The van der Waals surface area contributed by atoms with Gasteiger partial charge in [-0.25, -0.2) is 4.98 Å². The van der Waals surface area contributed by atoms with Gasteiger partial charge in [-0.05, 0) is 56.9 Å². The normalized spacial score (nSPS) is 10.4. The summed E-state index contributed by atoms with van der Waals surface area (Å²) in [5.41, 5.74) is 2.52. The maximum absolute atomic E-state index is 4.44. The van der Waals surface area contributed by atoms with Crippen LogP contribution >= 0.6 is 27.3 Å². The average Bonchev–Trinajstić information content (AvgIpc) is 2.70. The molecule has 2 aromatic rings. The zero-order chi connectivity index (χ0) is 11.5. The van der Waals surface area contributed by atoms with Crippen molar-refractivity contribution in [2.75, 3.05) is 11.9 Å². The molecule has 0 amide bonds.